The number of hydrogen-bond acceptors (Lipinski definition) is 3. The molecule has 0 unspecified atom stereocenters. The lowest BCUT2D eigenvalue weighted by molar-refractivity contribution is -0.134. The average Bonchev–Trinajstić information content (AvgIpc) is 3.24. The molecule has 0 aliphatic carbocycles. The molecule has 2 atom stereocenters. The SMILES string of the molecule is CC(C)CN1C(=O)[C@H](CCCCCC#N)C[C@H]1COC(c1ccccc1)(c1ccccc1)c1ccccc1. The Kier molecular flexibility index (Phi) is 9.73. The number of benzene rings is 3. The van der Waals surface area contributed by atoms with E-state index in [4.69, 9.17) is 10.00 Å². The molecule has 4 nitrogen and oxygen atoms in total. The second kappa shape index (κ2) is 13.4. The van der Waals surface area contributed by atoms with Crippen molar-refractivity contribution in [2.75, 3.05) is 13.2 Å². The molecule has 3 aromatic rings. The fourth-order valence-corrected chi connectivity index (χ4v) is 5.76. The molecule has 198 valence electrons. The van der Waals surface area contributed by atoms with E-state index in [2.05, 4.69) is 97.6 Å². The van der Waals surface area contributed by atoms with Crippen molar-refractivity contribution in [1.82, 2.24) is 4.90 Å². The molecule has 1 fully saturated rings. The van der Waals surface area contributed by atoms with Gasteiger partial charge >= 0.3 is 0 Å². The van der Waals surface area contributed by atoms with E-state index < -0.39 is 5.60 Å². The number of amides is 1. The predicted molar refractivity (Wildman–Crippen MR) is 152 cm³/mol. The van der Waals surface area contributed by atoms with Crippen LogP contribution < -0.4 is 0 Å². The van der Waals surface area contributed by atoms with Crippen LogP contribution >= 0.6 is 0 Å². The van der Waals surface area contributed by atoms with E-state index in [9.17, 15) is 4.79 Å². The van der Waals surface area contributed by atoms with Crippen molar-refractivity contribution < 1.29 is 9.53 Å². The Labute approximate surface area is 228 Å². The molecule has 3 aromatic carbocycles. The molecule has 1 aliphatic rings. The number of nitrogens with zero attached hydrogens (tertiary/aromatic N) is 2. The van der Waals surface area contributed by atoms with Crippen LogP contribution in [0.5, 0.6) is 0 Å². The van der Waals surface area contributed by atoms with Crippen LogP contribution in [0.4, 0.5) is 0 Å². The van der Waals surface area contributed by atoms with Gasteiger partial charge in [-0.15, -0.1) is 0 Å². The topological polar surface area (TPSA) is 53.3 Å². The largest absolute Gasteiger partial charge is 0.359 e. The predicted octanol–water partition coefficient (Wildman–Crippen LogP) is 7.34. The van der Waals surface area contributed by atoms with Crippen molar-refractivity contribution >= 4 is 5.91 Å². The van der Waals surface area contributed by atoms with Crippen molar-refractivity contribution in [2.24, 2.45) is 11.8 Å². The maximum atomic E-state index is 13.5. The highest BCUT2D eigenvalue weighted by molar-refractivity contribution is 5.81. The number of hydrogen-bond donors (Lipinski definition) is 0. The van der Waals surface area contributed by atoms with E-state index in [-0.39, 0.29) is 17.9 Å². The first-order valence-electron chi connectivity index (χ1n) is 14.0. The van der Waals surface area contributed by atoms with Gasteiger partial charge in [0, 0.05) is 18.9 Å². The lowest BCUT2D eigenvalue weighted by Gasteiger charge is -2.38. The molecular weight excluding hydrogens is 468 g/mol. The molecule has 4 rings (SSSR count). The molecule has 0 radical (unpaired) electrons. The number of unbranched alkanes of at least 4 members (excludes halogenated alkanes) is 3. The molecular formula is C34H40N2O2. The summed E-state index contributed by atoms with van der Waals surface area (Å²) in [7, 11) is 0. The number of likely N-dealkylation sites (tertiary alicyclic amines) is 1. The number of rotatable bonds is 13. The summed E-state index contributed by atoms with van der Waals surface area (Å²) in [4.78, 5) is 15.6. The van der Waals surface area contributed by atoms with E-state index in [1.807, 2.05) is 18.2 Å². The highest BCUT2D eigenvalue weighted by atomic mass is 16.5. The number of carbonyl (C=O) groups is 1. The van der Waals surface area contributed by atoms with Crippen LogP contribution in [0.2, 0.25) is 0 Å². The van der Waals surface area contributed by atoms with Gasteiger partial charge in [-0.1, -0.05) is 118 Å². The van der Waals surface area contributed by atoms with Crippen LogP contribution in [0.1, 0.15) is 69.1 Å². The van der Waals surface area contributed by atoms with Gasteiger partial charge in [-0.2, -0.15) is 5.26 Å². The van der Waals surface area contributed by atoms with E-state index in [0.717, 1.165) is 55.3 Å². The van der Waals surface area contributed by atoms with Crippen LogP contribution in [0.3, 0.4) is 0 Å². The van der Waals surface area contributed by atoms with Crippen molar-refractivity contribution in [3.63, 3.8) is 0 Å². The standard InChI is InChI=1S/C34H40N2O2/c1-27(2)25-36-32(24-28(33(36)37)16-8-3-4-15-23-35)26-38-34(29-17-9-5-10-18-29,30-19-11-6-12-20-30)31-21-13-7-14-22-31/h5-7,9-14,17-22,27-28,32H,3-4,8,15-16,24-26H2,1-2H3/t28-,32+/m1/s1. The maximum Gasteiger partial charge on any atom is 0.226 e. The van der Waals surface area contributed by atoms with Gasteiger partial charge in [0.15, 0.2) is 0 Å². The van der Waals surface area contributed by atoms with E-state index >= 15 is 0 Å². The summed E-state index contributed by atoms with van der Waals surface area (Å²) in [6.07, 6.45) is 5.20. The quantitative estimate of drug-likeness (QED) is 0.179. The fourth-order valence-electron chi connectivity index (χ4n) is 5.76. The van der Waals surface area contributed by atoms with Gasteiger partial charge in [-0.3, -0.25) is 4.79 Å². The zero-order valence-corrected chi connectivity index (χ0v) is 22.8. The van der Waals surface area contributed by atoms with Gasteiger partial charge < -0.3 is 9.64 Å². The van der Waals surface area contributed by atoms with Crippen LogP contribution in [-0.4, -0.2) is 30.0 Å². The summed E-state index contributed by atoms with van der Waals surface area (Å²) in [6, 6.07) is 33.5. The van der Waals surface area contributed by atoms with Gasteiger partial charge in [0.05, 0.1) is 18.7 Å². The van der Waals surface area contributed by atoms with Gasteiger partial charge in [0.25, 0.3) is 0 Å². The number of carbonyl (C=O) groups excluding carboxylic acids is 1. The smallest absolute Gasteiger partial charge is 0.226 e. The first-order chi connectivity index (χ1) is 18.6. The minimum atomic E-state index is -0.786. The normalized spacial score (nSPS) is 17.6. The van der Waals surface area contributed by atoms with Crippen molar-refractivity contribution in [1.29, 1.82) is 5.26 Å². The van der Waals surface area contributed by atoms with E-state index in [1.54, 1.807) is 0 Å². The molecule has 1 heterocycles. The summed E-state index contributed by atoms with van der Waals surface area (Å²) < 4.78 is 7.11. The molecule has 38 heavy (non-hydrogen) atoms. The van der Waals surface area contributed by atoms with Gasteiger partial charge in [-0.05, 0) is 41.9 Å². The van der Waals surface area contributed by atoms with Crippen molar-refractivity contribution in [3.8, 4) is 6.07 Å². The van der Waals surface area contributed by atoms with Crippen LogP contribution in [0.15, 0.2) is 91.0 Å². The Hall–Kier alpha value is -3.42. The molecule has 0 bridgehead atoms. The lowest BCUT2D eigenvalue weighted by Crippen LogP contribution is -2.42. The third kappa shape index (κ3) is 6.34. The van der Waals surface area contributed by atoms with Crippen molar-refractivity contribution in [2.45, 2.75) is 64.0 Å². The maximum absolute atomic E-state index is 13.5. The summed E-state index contributed by atoms with van der Waals surface area (Å²) in [5, 5.41) is 8.82. The molecule has 1 saturated heterocycles. The molecule has 0 aromatic heterocycles. The zero-order valence-electron chi connectivity index (χ0n) is 22.8. The lowest BCUT2D eigenvalue weighted by atomic mass is 9.80. The van der Waals surface area contributed by atoms with E-state index in [1.165, 1.54) is 0 Å². The molecule has 0 N–H and O–H groups in total. The number of ether oxygens (including phenoxy) is 1. The molecule has 0 saturated carbocycles. The summed E-state index contributed by atoms with van der Waals surface area (Å²) in [6.45, 7) is 5.54. The van der Waals surface area contributed by atoms with Crippen LogP contribution in [0.25, 0.3) is 0 Å². The zero-order chi connectivity index (χ0) is 26.8. The van der Waals surface area contributed by atoms with Gasteiger partial charge in [0.1, 0.15) is 5.60 Å². The van der Waals surface area contributed by atoms with E-state index in [0.29, 0.717) is 18.9 Å². The first kappa shape index (κ1) is 27.6. The summed E-state index contributed by atoms with van der Waals surface area (Å²) in [5.41, 5.74) is 2.44. The third-order valence-electron chi connectivity index (χ3n) is 7.57. The Morgan fingerprint density at radius 1 is 0.868 bits per heavy atom. The Balaban J connectivity index is 1.64. The molecule has 1 amide bonds. The second-order valence-electron chi connectivity index (χ2n) is 10.8. The average molecular weight is 509 g/mol. The van der Waals surface area contributed by atoms with Crippen LogP contribution in [0, 0.1) is 23.2 Å². The Morgan fingerprint density at radius 2 is 1.39 bits per heavy atom. The highest BCUT2D eigenvalue weighted by Crippen LogP contribution is 2.41. The number of nitriles is 1. The minimum Gasteiger partial charge on any atom is -0.359 e. The molecule has 4 heteroatoms. The summed E-state index contributed by atoms with van der Waals surface area (Å²) in [5.74, 6) is 0.680. The second-order valence-corrected chi connectivity index (χ2v) is 10.8. The first-order valence-corrected chi connectivity index (χ1v) is 14.0. The molecule has 1 aliphatic heterocycles. The third-order valence-corrected chi connectivity index (χ3v) is 7.57. The van der Waals surface area contributed by atoms with Gasteiger partial charge in [0.2, 0.25) is 5.91 Å². The fraction of sp³-hybridized carbons (Fsp3) is 0.412. The highest BCUT2D eigenvalue weighted by Gasteiger charge is 2.43. The minimum absolute atomic E-state index is 0.0315. The Bertz CT molecular complexity index is 1070. The van der Waals surface area contributed by atoms with Gasteiger partial charge in [-0.25, -0.2) is 0 Å². The molecule has 0 spiro atoms. The van der Waals surface area contributed by atoms with Crippen LogP contribution in [-0.2, 0) is 15.1 Å². The Morgan fingerprint density at radius 3 is 1.87 bits per heavy atom. The summed E-state index contributed by atoms with van der Waals surface area (Å²) >= 11 is 0. The monoisotopic (exact) mass is 508 g/mol. The van der Waals surface area contributed by atoms with Crippen molar-refractivity contribution in [3.05, 3.63) is 108 Å².